The van der Waals surface area contributed by atoms with Gasteiger partial charge >= 0.3 is 6.03 Å². The van der Waals surface area contributed by atoms with E-state index in [0.29, 0.717) is 24.7 Å². The molecule has 2 atom stereocenters. The van der Waals surface area contributed by atoms with Gasteiger partial charge in [0, 0.05) is 24.3 Å². The third-order valence-electron chi connectivity index (χ3n) is 3.43. The number of urea groups is 1. The van der Waals surface area contributed by atoms with E-state index in [1.807, 2.05) is 32.0 Å². The highest BCUT2D eigenvalue weighted by Crippen LogP contribution is 2.21. The number of nitrogens with one attached hydrogen (secondary N) is 1. The number of rotatable bonds is 2. The number of hydrogen-bond acceptors (Lipinski definition) is 5. The third kappa shape index (κ3) is 3.25. The molecule has 22 heavy (non-hydrogen) atoms. The number of aromatic nitrogens is 2. The normalized spacial score (nSPS) is 21.6. The van der Waals surface area contributed by atoms with Crippen LogP contribution >= 0.6 is 0 Å². The molecule has 0 radical (unpaired) electrons. The van der Waals surface area contributed by atoms with Gasteiger partial charge in [0.05, 0.1) is 12.2 Å². The largest absolute Gasteiger partial charge is 0.423 e. The monoisotopic (exact) mass is 302 g/mol. The van der Waals surface area contributed by atoms with Gasteiger partial charge in [-0.15, -0.1) is 10.2 Å². The van der Waals surface area contributed by atoms with E-state index in [0.717, 1.165) is 5.56 Å². The third-order valence-corrected chi connectivity index (χ3v) is 3.43. The Kier molecular flexibility index (Phi) is 4.06. The Labute approximate surface area is 128 Å². The Hall–Kier alpha value is -2.41. The van der Waals surface area contributed by atoms with Crippen LogP contribution in [0.1, 0.15) is 13.8 Å². The van der Waals surface area contributed by atoms with Crippen molar-refractivity contribution >= 4 is 11.7 Å². The molecule has 0 saturated carbocycles. The summed E-state index contributed by atoms with van der Waals surface area (Å²) in [5, 5.41) is 10.4. The van der Waals surface area contributed by atoms with E-state index in [9.17, 15) is 4.79 Å². The average molecular weight is 302 g/mol. The first kappa shape index (κ1) is 14.5. The highest BCUT2D eigenvalue weighted by atomic mass is 16.5. The molecule has 1 fully saturated rings. The lowest BCUT2D eigenvalue weighted by Crippen LogP contribution is -2.49. The van der Waals surface area contributed by atoms with Crippen LogP contribution in [-0.2, 0) is 4.74 Å². The fraction of sp³-hybridized carbons (Fsp3) is 0.400. The zero-order valence-electron chi connectivity index (χ0n) is 12.5. The van der Waals surface area contributed by atoms with Crippen molar-refractivity contribution in [3.63, 3.8) is 0 Å². The minimum Gasteiger partial charge on any atom is -0.423 e. The van der Waals surface area contributed by atoms with Gasteiger partial charge < -0.3 is 19.4 Å². The van der Waals surface area contributed by atoms with Crippen LogP contribution in [0.4, 0.5) is 10.5 Å². The van der Waals surface area contributed by atoms with Crippen molar-refractivity contribution in [3.8, 4) is 11.5 Å². The van der Waals surface area contributed by atoms with Crippen molar-refractivity contribution in [1.29, 1.82) is 0 Å². The van der Waals surface area contributed by atoms with E-state index >= 15 is 0 Å². The number of carbonyl (C=O) groups is 1. The standard InChI is InChI=1S/C15H18N4O3/c1-10-7-19(8-11(2)22-10)15(20)17-13-5-3-4-12(6-13)14-18-16-9-21-14/h3-6,9-11H,7-8H2,1-2H3,(H,17,20)/t10-,11-/m0/s1. The molecular formula is C15H18N4O3. The topological polar surface area (TPSA) is 80.5 Å². The van der Waals surface area contributed by atoms with E-state index in [-0.39, 0.29) is 18.2 Å². The first-order valence-electron chi connectivity index (χ1n) is 7.20. The summed E-state index contributed by atoms with van der Waals surface area (Å²) >= 11 is 0. The number of carbonyl (C=O) groups excluding carboxylic acids is 1. The molecule has 0 bridgehead atoms. The molecule has 1 saturated heterocycles. The number of hydrogen-bond donors (Lipinski definition) is 1. The van der Waals surface area contributed by atoms with Gasteiger partial charge in [0.25, 0.3) is 0 Å². The number of morpholine rings is 1. The molecule has 1 aromatic heterocycles. The van der Waals surface area contributed by atoms with E-state index in [1.54, 1.807) is 11.0 Å². The lowest BCUT2D eigenvalue weighted by atomic mass is 10.2. The lowest BCUT2D eigenvalue weighted by Gasteiger charge is -2.35. The summed E-state index contributed by atoms with van der Waals surface area (Å²) in [6.07, 6.45) is 1.36. The first-order valence-corrected chi connectivity index (χ1v) is 7.20. The van der Waals surface area contributed by atoms with E-state index in [4.69, 9.17) is 9.15 Å². The highest BCUT2D eigenvalue weighted by Gasteiger charge is 2.25. The molecule has 3 rings (SSSR count). The predicted octanol–water partition coefficient (Wildman–Crippen LogP) is 2.38. The smallest absolute Gasteiger partial charge is 0.322 e. The van der Waals surface area contributed by atoms with Crippen LogP contribution < -0.4 is 5.32 Å². The molecule has 0 spiro atoms. The van der Waals surface area contributed by atoms with Gasteiger partial charge in [-0.3, -0.25) is 0 Å². The number of ether oxygens (including phenoxy) is 1. The van der Waals surface area contributed by atoms with Gasteiger partial charge in [-0.05, 0) is 32.0 Å². The Balaban J connectivity index is 1.70. The van der Waals surface area contributed by atoms with Gasteiger partial charge in [0.15, 0.2) is 0 Å². The molecule has 1 aliphatic heterocycles. The van der Waals surface area contributed by atoms with Crippen LogP contribution in [-0.4, -0.2) is 46.4 Å². The summed E-state index contributed by atoms with van der Waals surface area (Å²) in [7, 11) is 0. The minimum absolute atomic E-state index is 0.0410. The minimum atomic E-state index is -0.135. The Morgan fingerprint density at radius 1 is 1.32 bits per heavy atom. The second kappa shape index (κ2) is 6.15. The molecule has 1 N–H and O–H groups in total. The number of anilines is 1. The van der Waals surface area contributed by atoms with Gasteiger partial charge in [-0.1, -0.05) is 6.07 Å². The number of amides is 2. The van der Waals surface area contributed by atoms with E-state index < -0.39 is 0 Å². The van der Waals surface area contributed by atoms with Crippen molar-refractivity contribution in [3.05, 3.63) is 30.7 Å². The van der Waals surface area contributed by atoms with Crippen molar-refractivity contribution in [2.24, 2.45) is 0 Å². The first-order chi connectivity index (χ1) is 10.6. The van der Waals surface area contributed by atoms with Crippen LogP contribution in [0.3, 0.4) is 0 Å². The molecule has 0 aliphatic carbocycles. The van der Waals surface area contributed by atoms with Crippen molar-refractivity contribution in [2.45, 2.75) is 26.1 Å². The lowest BCUT2D eigenvalue weighted by molar-refractivity contribution is -0.0530. The predicted molar refractivity (Wildman–Crippen MR) is 80.3 cm³/mol. The Morgan fingerprint density at radius 3 is 2.77 bits per heavy atom. The fourth-order valence-corrected chi connectivity index (χ4v) is 2.58. The summed E-state index contributed by atoms with van der Waals surface area (Å²) in [6, 6.07) is 7.18. The highest BCUT2D eigenvalue weighted by molar-refractivity contribution is 5.90. The zero-order chi connectivity index (χ0) is 15.5. The van der Waals surface area contributed by atoms with Crippen LogP contribution in [0.15, 0.2) is 35.1 Å². The SMILES string of the molecule is C[C@H]1CN(C(=O)Nc2cccc(-c3nnco3)c2)C[C@H](C)O1. The maximum Gasteiger partial charge on any atom is 0.322 e. The molecule has 7 heteroatoms. The molecule has 2 aromatic rings. The van der Waals surface area contributed by atoms with Gasteiger partial charge in [0.2, 0.25) is 12.3 Å². The van der Waals surface area contributed by atoms with Crippen molar-refractivity contribution in [2.75, 3.05) is 18.4 Å². The number of nitrogens with zero attached hydrogens (tertiary/aromatic N) is 3. The summed E-state index contributed by atoms with van der Waals surface area (Å²) in [5.74, 6) is 0.421. The molecule has 1 aliphatic rings. The van der Waals surface area contributed by atoms with E-state index in [1.165, 1.54) is 6.39 Å². The maximum absolute atomic E-state index is 12.4. The van der Waals surface area contributed by atoms with Gasteiger partial charge in [0.1, 0.15) is 0 Å². The average Bonchev–Trinajstić information content (AvgIpc) is 3.00. The molecular weight excluding hydrogens is 284 g/mol. The van der Waals surface area contributed by atoms with Crippen LogP contribution in [0, 0.1) is 0 Å². The van der Waals surface area contributed by atoms with Crippen LogP contribution in [0.25, 0.3) is 11.5 Å². The quantitative estimate of drug-likeness (QED) is 0.921. The molecule has 1 aromatic carbocycles. The van der Waals surface area contributed by atoms with Gasteiger partial charge in [-0.25, -0.2) is 4.79 Å². The summed E-state index contributed by atoms with van der Waals surface area (Å²) in [4.78, 5) is 14.1. The van der Waals surface area contributed by atoms with Crippen molar-refractivity contribution < 1.29 is 13.9 Å². The maximum atomic E-state index is 12.4. The summed E-state index contributed by atoms with van der Waals surface area (Å²) in [6.45, 7) is 5.09. The Bertz CT molecular complexity index is 634. The fourth-order valence-electron chi connectivity index (χ4n) is 2.58. The second-order valence-electron chi connectivity index (χ2n) is 5.42. The van der Waals surface area contributed by atoms with Crippen LogP contribution in [0.2, 0.25) is 0 Å². The van der Waals surface area contributed by atoms with Gasteiger partial charge in [-0.2, -0.15) is 0 Å². The number of benzene rings is 1. The van der Waals surface area contributed by atoms with Crippen molar-refractivity contribution in [1.82, 2.24) is 15.1 Å². The van der Waals surface area contributed by atoms with Crippen LogP contribution in [0.5, 0.6) is 0 Å². The zero-order valence-corrected chi connectivity index (χ0v) is 12.5. The molecule has 2 heterocycles. The molecule has 0 unspecified atom stereocenters. The second-order valence-corrected chi connectivity index (χ2v) is 5.42. The molecule has 2 amide bonds. The molecule has 7 nitrogen and oxygen atoms in total. The van der Waals surface area contributed by atoms with E-state index in [2.05, 4.69) is 15.5 Å². The summed E-state index contributed by atoms with van der Waals surface area (Å²) < 4.78 is 10.8. The summed E-state index contributed by atoms with van der Waals surface area (Å²) in [5.41, 5.74) is 1.45. The molecule has 116 valence electrons. The Morgan fingerprint density at radius 2 is 2.09 bits per heavy atom.